The number of hydrogen-bond acceptors (Lipinski definition) is 5. The van der Waals surface area contributed by atoms with Gasteiger partial charge in [0.05, 0.1) is 5.54 Å². The molecule has 0 spiro atoms. The van der Waals surface area contributed by atoms with Crippen molar-refractivity contribution in [3.63, 3.8) is 0 Å². The first-order valence-corrected chi connectivity index (χ1v) is 7.69. The molecule has 2 N–H and O–H groups in total. The number of nitrogens with zero attached hydrogens (tertiary/aromatic N) is 4. The minimum absolute atomic E-state index is 0.109. The zero-order chi connectivity index (χ0) is 15.3. The summed E-state index contributed by atoms with van der Waals surface area (Å²) in [6, 6.07) is 10.00. The lowest BCUT2D eigenvalue weighted by atomic mass is 9.94. The highest BCUT2D eigenvalue weighted by molar-refractivity contribution is 7.16. The molecule has 0 saturated carbocycles. The van der Waals surface area contributed by atoms with E-state index in [1.165, 1.54) is 11.3 Å². The van der Waals surface area contributed by atoms with Gasteiger partial charge >= 0.3 is 0 Å². The second kappa shape index (κ2) is 4.61. The highest BCUT2D eigenvalue weighted by Crippen LogP contribution is 2.31. The topological polar surface area (TPSA) is 69.1 Å². The van der Waals surface area contributed by atoms with E-state index in [9.17, 15) is 0 Å². The highest BCUT2D eigenvalue weighted by atomic mass is 32.1. The van der Waals surface area contributed by atoms with Crippen molar-refractivity contribution in [1.82, 2.24) is 19.8 Å². The number of hydrogen-bond donors (Lipinski definition) is 1. The smallest absolute Gasteiger partial charge is 0.234 e. The molecule has 0 amide bonds. The average Bonchev–Trinajstić information content (AvgIpc) is 2.98. The summed E-state index contributed by atoms with van der Waals surface area (Å²) < 4.78 is 1.81. The number of benzene rings is 1. The summed E-state index contributed by atoms with van der Waals surface area (Å²) in [6.45, 7) is 8.27. The standard InChI is InChI=1S/C15H19N5S/c1-14(2,3)11-17-18-13-20(11)19-12(21-13)15(4,16)10-8-6-5-7-9-10/h5-9H,16H2,1-4H3. The molecule has 2 aromatic heterocycles. The summed E-state index contributed by atoms with van der Waals surface area (Å²) in [4.78, 5) is 0.780. The van der Waals surface area contributed by atoms with Crippen LogP contribution in [0, 0.1) is 0 Å². The predicted octanol–water partition coefficient (Wildman–Crippen LogP) is 2.71. The Morgan fingerprint density at radius 1 is 1.05 bits per heavy atom. The van der Waals surface area contributed by atoms with Crippen LogP contribution in [0.5, 0.6) is 0 Å². The van der Waals surface area contributed by atoms with E-state index in [-0.39, 0.29) is 5.41 Å². The fraction of sp³-hybridized carbons (Fsp3) is 0.400. The molecule has 0 radical (unpaired) electrons. The van der Waals surface area contributed by atoms with Crippen LogP contribution in [0.1, 0.15) is 44.1 Å². The lowest BCUT2D eigenvalue weighted by Crippen LogP contribution is -2.34. The van der Waals surface area contributed by atoms with Crippen LogP contribution >= 0.6 is 11.3 Å². The first kappa shape index (κ1) is 14.2. The number of nitrogens with two attached hydrogens (primary N) is 1. The highest BCUT2D eigenvalue weighted by Gasteiger charge is 2.30. The maximum atomic E-state index is 6.53. The predicted molar refractivity (Wildman–Crippen MR) is 84.4 cm³/mol. The molecule has 6 heteroatoms. The van der Waals surface area contributed by atoms with E-state index < -0.39 is 5.54 Å². The second-order valence-electron chi connectivity index (χ2n) is 6.44. The molecule has 110 valence electrons. The van der Waals surface area contributed by atoms with E-state index in [2.05, 4.69) is 36.1 Å². The third kappa shape index (κ3) is 2.34. The summed E-state index contributed by atoms with van der Waals surface area (Å²) in [5, 5.41) is 14.0. The lowest BCUT2D eigenvalue weighted by Gasteiger charge is -2.22. The minimum Gasteiger partial charge on any atom is -0.316 e. The SMILES string of the molecule is CC(C)(C)c1nnc2sc(C(C)(N)c3ccccc3)nn12. The molecule has 21 heavy (non-hydrogen) atoms. The molecule has 0 saturated heterocycles. The molecule has 3 aromatic rings. The first-order chi connectivity index (χ1) is 9.80. The third-order valence-electron chi connectivity index (χ3n) is 3.48. The van der Waals surface area contributed by atoms with Crippen LogP contribution in [0.25, 0.3) is 4.96 Å². The molecule has 0 fully saturated rings. The molecular formula is C15H19N5S. The van der Waals surface area contributed by atoms with Crippen LogP contribution in [-0.2, 0) is 11.0 Å². The van der Waals surface area contributed by atoms with Crippen molar-refractivity contribution in [2.24, 2.45) is 5.73 Å². The van der Waals surface area contributed by atoms with Gasteiger partial charge in [0.1, 0.15) is 5.01 Å². The van der Waals surface area contributed by atoms with Crippen LogP contribution in [0.2, 0.25) is 0 Å². The summed E-state index contributed by atoms with van der Waals surface area (Å²) >= 11 is 1.49. The van der Waals surface area contributed by atoms with E-state index in [1.54, 1.807) is 0 Å². The van der Waals surface area contributed by atoms with Gasteiger partial charge in [0.25, 0.3) is 0 Å². The average molecular weight is 301 g/mol. The van der Waals surface area contributed by atoms with E-state index in [4.69, 9.17) is 5.73 Å². The van der Waals surface area contributed by atoms with Crippen LogP contribution in [-0.4, -0.2) is 19.8 Å². The van der Waals surface area contributed by atoms with Crippen molar-refractivity contribution >= 4 is 16.3 Å². The van der Waals surface area contributed by atoms with Crippen LogP contribution in [0.15, 0.2) is 30.3 Å². The second-order valence-corrected chi connectivity index (χ2v) is 7.40. The number of rotatable bonds is 2. The van der Waals surface area contributed by atoms with Gasteiger partial charge in [-0.3, -0.25) is 0 Å². The molecule has 2 heterocycles. The van der Waals surface area contributed by atoms with Gasteiger partial charge in [0, 0.05) is 5.41 Å². The molecule has 1 aromatic carbocycles. The molecule has 1 unspecified atom stereocenters. The Labute approximate surface area is 127 Å². The number of fused-ring (bicyclic) bond motifs is 1. The van der Waals surface area contributed by atoms with E-state index in [1.807, 2.05) is 41.8 Å². The lowest BCUT2D eigenvalue weighted by molar-refractivity contribution is 0.518. The molecule has 0 aliphatic heterocycles. The van der Waals surface area contributed by atoms with Crippen LogP contribution in [0.3, 0.4) is 0 Å². The summed E-state index contributed by atoms with van der Waals surface area (Å²) in [7, 11) is 0. The van der Waals surface area contributed by atoms with Gasteiger partial charge in [-0.15, -0.1) is 10.2 Å². The maximum Gasteiger partial charge on any atom is 0.234 e. The Kier molecular flexibility index (Phi) is 3.11. The van der Waals surface area contributed by atoms with E-state index in [0.717, 1.165) is 21.4 Å². The molecule has 0 bridgehead atoms. The Morgan fingerprint density at radius 3 is 2.33 bits per heavy atom. The van der Waals surface area contributed by atoms with Crippen LogP contribution < -0.4 is 5.73 Å². The monoisotopic (exact) mass is 301 g/mol. The molecule has 1 atom stereocenters. The zero-order valence-corrected chi connectivity index (χ0v) is 13.5. The quantitative estimate of drug-likeness (QED) is 0.790. The fourth-order valence-corrected chi connectivity index (χ4v) is 3.12. The van der Waals surface area contributed by atoms with Gasteiger partial charge in [-0.25, -0.2) is 0 Å². The van der Waals surface area contributed by atoms with E-state index in [0.29, 0.717) is 0 Å². The van der Waals surface area contributed by atoms with Crippen LogP contribution in [0.4, 0.5) is 0 Å². The van der Waals surface area contributed by atoms with Gasteiger partial charge in [0.15, 0.2) is 5.82 Å². The van der Waals surface area contributed by atoms with Crippen molar-refractivity contribution < 1.29 is 0 Å². The van der Waals surface area contributed by atoms with Gasteiger partial charge < -0.3 is 5.73 Å². The largest absolute Gasteiger partial charge is 0.316 e. The maximum absolute atomic E-state index is 6.53. The summed E-state index contributed by atoms with van der Waals surface area (Å²) in [5.41, 5.74) is 6.82. The Bertz CT molecular complexity index is 764. The van der Waals surface area contributed by atoms with Crippen molar-refractivity contribution in [2.75, 3.05) is 0 Å². The van der Waals surface area contributed by atoms with Crippen molar-refractivity contribution in [1.29, 1.82) is 0 Å². The minimum atomic E-state index is -0.637. The molecule has 3 rings (SSSR count). The van der Waals surface area contributed by atoms with E-state index >= 15 is 0 Å². The fourth-order valence-electron chi connectivity index (χ4n) is 2.20. The summed E-state index contributed by atoms with van der Waals surface area (Å²) in [6.07, 6.45) is 0. The van der Waals surface area contributed by atoms with Gasteiger partial charge in [-0.2, -0.15) is 9.61 Å². The van der Waals surface area contributed by atoms with Gasteiger partial charge in [-0.1, -0.05) is 62.4 Å². The van der Waals surface area contributed by atoms with Crippen molar-refractivity contribution in [3.05, 3.63) is 46.7 Å². The molecule has 5 nitrogen and oxygen atoms in total. The normalized spacial score (nSPS) is 15.3. The Morgan fingerprint density at radius 2 is 1.71 bits per heavy atom. The van der Waals surface area contributed by atoms with Gasteiger partial charge in [0.2, 0.25) is 4.96 Å². The van der Waals surface area contributed by atoms with Gasteiger partial charge in [-0.05, 0) is 12.5 Å². The number of aromatic nitrogens is 4. The molecular weight excluding hydrogens is 282 g/mol. The zero-order valence-electron chi connectivity index (χ0n) is 12.7. The summed E-state index contributed by atoms with van der Waals surface area (Å²) in [5.74, 6) is 0.851. The molecule has 0 aliphatic rings. The Balaban J connectivity index is 2.12. The van der Waals surface area contributed by atoms with Crippen molar-refractivity contribution in [2.45, 2.75) is 38.6 Å². The molecule has 0 aliphatic carbocycles. The first-order valence-electron chi connectivity index (χ1n) is 6.88. The van der Waals surface area contributed by atoms with Crippen molar-refractivity contribution in [3.8, 4) is 0 Å². The third-order valence-corrected chi connectivity index (χ3v) is 4.62. The Hall–Kier alpha value is -1.79.